The summed E-state index contributed by atoms with van der Waals surface area (Å²) in [5.74, 6) is 1.95. The molecule has 0 N–H and O–H groups in total. The Bertz CT molecular complexity index is 2430. The van der Waals surface area contributed by atoms with Gasteiger partial charge in [0.1, 0.15) is 0 Å². The van der Waals surface area contributed by atoms with E-state index in [9.17, 15) is 0 Å². The third kappa shape index (κ3) is 5.49. The molecule has 6 aromatic carbocycles. The molecule has 9 rings (SSSR count). The van der Waals surface area contributed by atoms with Gasteiger partial charge in [-0.1, -0.05) is 115 Å². The standard InChI is InChI=1S/C43H27N3S2/c1-4-10-28(11-5-1)29-16-18-30(19-17-29)34-22-35(40-27-36-26-38-33(20-21-47-38)25-39(36)48-40)24-37(23-34)43-45-41(31-12-6-2-7-13-31)44-42(46-43)32-14-8-3-9-15-32/h1-27H. The van der Waals surface area contributed by atoms with Crippen LogP contribution in [0.15, 0.2) is 163 Å². The summed E-state index contributed by atoms with van der Waals surface area (Å²) in [6.45, 7) is 0. The molecule has 0 aliphatic heterocycles. The van der Waals surface area contributed by atoms with E-state index < -0.39 is 0 Å². The van der Waals surface area contributed by atoms with Gasteiger partial charge in [-0.2, -0.15) is 0 Å². The first-order valence-electron chi connectivity index (χ1n) is 15.8. The maximum atomic E-state index is 5.08. The van der Waals surface area contributed by atoms with E-state index in [1.165, 1.54) is 36.2 Å². The molecule has 0 aliphatic rings. The minimum Gasteiger partial charge on any atom is -0.208 e. The number of rotatable bonds is 6. The van der Waals surface area contributed by atoms with Gasteiger partial charge in [-0.05, 0) is 86.4 Å². The summed E-state index contributed by atoms with van der Waals surface area (Å²) in [6.07, 6.45) is 0. The molecule has 48 heavy (non-hydrogen) atoms. The predicted octanol–water partition coefficient (Wildman–Crippen LogP) is 12.3. The fourth-order valence-electron chi connectivity index (χ4n) is 6.13. The number of hydrogen-bond acceptors (Lipinski definition) is 5. The van der Waals surface area contributed by atoms with Crippen molar-refractivity contribution in [3.63, 3.8) is 0 Å². The van der Waals surface area contributed by atoms with E-state index in [4.69, 9.17) is 15.0 Å². The second-order valence-corrected chi connectivity index (χ2v) is 13.8. The Morgan fingerprint density at radius 1 is 0.333 bits per heavy atom. The van der Waals surface area contributed by atoms with Crippen LogP contribution >= 0.6 is 22.7 Å². The minimum atomic E-state index is 0.647. The van der Waals surface area contributed by atoms with Crippen molar-refractivity contribution >= 4 is 42.8 Å². The van der Waals surface area contributed by atoms with Gasteiger partial charge in [0.05, 0.1) is 0 Å². The molecule has 0 unspecified atom stereocenters. The van der Waals surface area contributed by atoms with Gasteiger partial charge in [0.15, 0.2) is 17.5 Å². The van der Waals surface area contributed by atoms with E-state index in [2.05, 4.69) is 102 Å². The summed E-state index contributed by atoms with van der Waals surface area (Å²) in [7, 11) is 0. The molecular weight excluding hydrogens is 623 g/mol. The smallest absolute Gasteiger partial charge is 0.164 e. The highest BCUT2D eigenvalue weighted by Crippen LogP contribution is 2.40. The lowest BCUT2D eigenvalue weighted by Gasteiger charge is -2.12. The average molecular weight is 650 g/mol. The van der Waals surface area contributed by atoms with Gasteiger partial charge in [-0.3, -0.25) is 0 Å². The molecule has 0 spiro atoms. The molecule has 3 heterocycles. The van der Waals surface area contributed by atoms with E-state index >= 15 is 0 Å². The minimum absolute atomic E-state index is 0.647. The van der Waals surface area contributed by atoms with Crippen molar-refractivity contribution in [1.82, 2.24) is 15.0 Å². The topological polar surface area (TPSA) is 38.7 Å². The molecule has 9 aromatic rings. The van der Waals surface area contributed by atoms with Crippen molar-refractivity contribution in [2.75, 3.05) is 0 Å². The van der Waals surface area contributed by atoms with Gasteiger partial charge in [-0.15, -0.1) is 22.7 Å². The number of benzene rings is 6. The normalized spacial score (nSPS) is 11.3. The molecule has 0 radical (unpaired) electrons. The summed E-state index contributed by atoms with van der Waals surface area (Å²) < 4.78 is 2.60. The van der Waals surface area contributed by atoms with Crippen molar-refractivity contribution in [2.45, 2.75) is 0 Å². The van der Waals surface area contributed by atoms with Crippen LogP contribution in [0.1, 0.15) is 0 Å². The predicted molar refractivity (Wildman–Crippen MR) is 203 cm³/mol. The molecule has 0 atom stereocenters. The number of fused-ring (bicyclic) bond motifs is 2. The highest BCUT2D eigenvalue weighted by atomic mass is 32.1. The van der Waals surface area contributed by atoms with Gasteiger partial charge in [0, 0.05) is 31.0 Å². The van der Waals surface area contributed by atoms with Gasteiger partial charge in [0.25, 0.3) is 0 Å². The fourth-order valence-corrected chi connectivity index (χ4v) is 8.03. The fraction of sp³-hybridized carbons (Fsp3) is 0. The second-order valence-electron chi connectivity index (χ2n) is 11.7. The monoisotopic (exact) mass is 649 g/mol. The Morgan fingerprint density at radius 2 is 0.812 bits per heavy atom. The summed E-state index contributed by atoms with van der Waals surface area (Å²) in [4.78, 5) is 16.3. The van der Waals surface area contributed by atoms with Gasteiger partial charge < -0.3 is 0 Å². The van der Waals surface area contributed by atoms with Crippen LogP contribution in [0.4, 0.5) is 0 Å². The zero-order chi connectivity index (χ0) is 31.9. The van der Waals surface area contributed by atoms with Gasteiger partial charge in [0.2, 0.25) is 0 Å². The van der Waals surface area contributed by atoms with E-state index in [0.29, 0.717) is 17.5 Å². The van der Waals surface area contributed by atoms with E-state index in [1.54, 1.807) is 11.3 Å². The van der Waals surface area contributed by atoms with Crippen molar-refractivity contribution in [3.8, 4) is 66.9 Å². The van der Waals surface area contributed by atoms with Crippen molar-refractivity contribution in [1.29, 1.82) is 0 Å². The lowest BCUT2D eigenvalue weighted by molar-refractivity contribution is 1.07. The number of thiophene rings is 2. The molecule has 0 amide bonds. The van der Waals surface area contributed by atoms with Crippen molar-refractivity contribution < 1.29 is 0 Å². The van der Waals surface area contributed by atoms with Crippen LogP contribution in [0.5, 0.6) is 0 Å². The van der Waals surface area contributed by atoms with Crippen molar-refractivity contribution in [3.05, 3.63) is 163 Å². The molecule has 3 aromatic heterocycles. The summed E-state index contributed by atoms with van der Waals surface area (Å²) in [5, 5.41) is 4.72. The number of hydrogen-bond donors (Lipinski definition) is 0. The summed E-state index contributed by atoms with van der Waals surface area (Å²) in [6, 6.07) is 55.5. The van der Waals surface area contributed by atoms with Crippen LogP contribution in [0.25, 0.3) is 87.0 Å². The molecule has 0 bridgehead atoms. The van der Waals surface area contributed by atoms with Crippen LogP contribution < -0.4 is 0 Å². The first kappa shape index (κ1) is 28.5. The zero-order valence-electron chi connectivity index (χ0n) is 25.7. The van der Waals surface area contributed by atoms with E-state index in [1.807, 2.05) is 72.0 Å². The van der Waals surface area contributed by atoms with Gasteiger partial charge in [-0.25, -0.2) is 15.0 Å². The van der Waals surface area contributed by atoms with E-state index in [0.717, 1.165) is 33.4 Å². The first-order valence-corrected chi connectivity index (χ1v) is 17.5. The highest BCUT2D eigenvalue weighted by Gasteiger charge is 2.16. The molecule has 5 heteroatoms. The van der Waals surface area contributed by atoms with Crippen LogP contribution in [0.2, 0.25) is 0 Å². The first-order chi connectivity index (χ1) is 23.7. The highest BCUT2D eigenvalue weighted by molar-refractivity contribution is 7.22. The Hall–Kier alpha value is -5.75. The zero-order valence-corrected chi connectivity index (χ0v) is 27.4. The Balaban J connectivity index is 1.23. The average Bonchev–Trinajstić information content (AvgIpc) is 3.81. The molecule has 0 fully saturated rings. The molecule has 3 nitrogen and oxygen atoms in total. The largest absolute Gasteiger partial charge is 0.208 e. The number of aromatic nitrogens is 3. The second kappa shape index (κ2) is 12.1. The maximum absolute atomic E-state index is 5.08. The van der Waals surface area contributed by atoms with E-state index in [-0.39, 0.29) is 0 Å². The third-order valence-corrected chi connectivity index (χ3v) is 10.6. The molecular formula is C43H27N3S2. The van der Waals surface area contributed by atoms with Crippen LogP contribution in [-0.2, 0) is 0 Å². The Labute approximate surface area is 286 Å². The third-order valence-electron chi connectivity index (χ3n) is 8.59. The van der Waals surface area contributed by atoms with Crippen LogP contribution in [0, 0.1) is 0 Å². The molecule has 0 saturated heterocycles. The molecule has 0 saturated carbocycles. The van der Waals surface area contributed by atoms with Crippen molar-refractivity contribution in [2.24, 2.45) is 0 Å². The lowest BCUT2D eigenvalue weighted by Crippen LogP contribution is -2.00. The Morgan fingerprint density at radius 3 is 1.44 bits per heavy atom. The summed E-state index contributed by atoms with van der Waals surface area (Å²) in [5.41, 5.74) is 8.65. The van der Waals surface area contributed by atoms with Crippen LogP contribution in [-0.4, -0.2) is 15.0 Å². The Kier molecular flexibility index (Phi) is 7.19. The van der Waals surface area contributed by atoms with Crippen LogP contribution in [0.3, 0.4) is 0 Å². The molecule has 226 valence electrons. The van der Waals surface area contributed by atoms with Gasteiger partial charge >= 0.3 is 0 Å². The lowest BCUT2D eigenvalue weighted by atomic mass is 9.96. The SMILES string of the molecule is c1ccc(-c2ccc(-c3cc(-c4nc(-c5ccccc5)nc(-c5ccccc5)n4)cc(-c4cc5cc6sccc6cc5s4)c3)cc2)cc1. The quantitative estimate of drug-likeness (QED) is 0.180. The molecule has 0 aliphatic carbocycles. The summed E-state index contributed by atoms with van der Waals surface area (Å²) >= 11 is 3.61. The number of nitrogens with zero attached hydrogens (tertiary/aromatic N) is 3. The maximum Gasteiger partial charge on any atom is 0.164 e.